The van der Waals surface area contributed by atoms with Gasteiger partial charge in [-0.1, -0.05) is 26.0 Å². The number of hydrogen-bond acceptors (Lipinski definition) is 4. The Morgan fingerprint density at radius 1 is 1.33 bits per heavy atom. The maximum atomic E-state index is 11.6. The third-order valence-corrected chi connectivity index (χ3v) is 2.78. The lowest BCUT2D eigenvalue weighted by Crippen LogP contribution is -2.41. The van der Waals surface area contributed by atoms with E-state index in [-0.39, 0.29) is 17.9 Å². The lowest BCUT2D eigenvalue weighted by Gasteiger charge is -2.20. The highest BCUT2D eigenvalue weighted by atomic mass is 16.5. The van der Waals surface area contributed by atoms with Crippen molar-refractivity contribution in [3.05, 3.63) is 29.8 Å². The molecule has 1 aromatic rings. The van der Waals surface area contributed by atoms with E-state index in [0.29, 0.717) is 6.54 Å². The van der Waals surface area contributed by atoms with Crippen molar-refractivity contribution in [2.24, 2.45) is 5.92 Å². The highest BCUT2D eigenvalue weighted by molar-refractivity contribution is 5.75. The van der Waals surface area contributed by atoms with E-state index in [1.165, 1.54) is 7.11 Å². The number of nitrogens with one attached hydrogen (secondary N) is 1. The maximum Gasteiger partial charge on any atom is 0.323 e. The van der Waals surface area contributed by atoms with Crippen LogP contribution in [0.2, 0.25) is 0 Å². The molecule has 0 radical (unpaired) electrons. The summed E-state index contributed by atoms with van der Waals surface area (Å²) in [4.78, 5) is 11.6. The van der Waals surface area contributed by atoms with Gasteiger partial charge in [0, 0.05) is 6.54 Å². The normalized spacial score (nSPS) is 12.3. The van der Waals surface area contributed by atoms with Gasteiger partial charge in [0.25, 0.3) is 0 Å². The van der Waals surface area contributed by atoms with Crippen LogP contribution in [-0.4, -0.2) is 26.2 Å². The lowest BCUT2D eigenvalue weighted by molar-refractivity contribution is -0.144. The van der Waals surface area contributed by atoms with Gasteiger partial charge >= 0.3 is 5.97 Å². The van der Waals surface area contributed by atoms with Crippen molar-refractivity contribution in [3.63, 3.8) is 0 Å². The minimum atomic E-state index is -0.291. The van der Waals surface area contributed by atoms with Crippen molar-refractivity contribution < 1.29 is 14.3 Å². The number of carbonyl (C=O) groups is 1. The Balaban J connectivity index is 2.63. The molecule has 0 saturated carbocycles. The van der Waals surface area contributed by atoms with Gasteiger partial charge in [-0.15, -0.1) is 0 Å². The molecule has 100 valence electrons. The molecule has 4 heteroatoms. The minimum absolute atomic E-state index is 0.183. The monoisotopic (exact) mass is 251 g/mol. The van der Waals surface area contributed by atoms with Gasteiger partial charge in [-0.2, -0.15) is 0 Å². The fourth-order valence-electron chi connectivity index (χ4n) is 1.73. The van der Waals surface area contributed by atoms with Crippen LogP contribution in [0.1, 0.15) is 19.4 Å². The smallest absolute Gasteiger partial charge is 0.323 e. The van der Waals surface area contributed by atoms with Crippen molar-refractivity contribution in [3.8, 4) is 5.75 Å². The predicted molar refractivity (Wildman–Crippen MR) is 70.5 cm³/mol. The van der Waals surface area contributed by atoms with Gasteiger partial charge in [0.15, 0.2) is 0 Å². The largest absolute Gasteiger partial charge is 0.497 e. The summed E-state index contributed by atoms with van der Waals surface area (Å²) in [6, 6.07) is 7.47. The van der Waals surface area contributed by atoms with Crippen molar-refractivity contribution in [1.82, 2.24) is 5.32 Å². The number of rotatable bonds is 6. The second-order valence-electron chi connectivity index (χ2n) is 4.48. The Morgan fingerprint density at radius 3 is 2.61 bits per heavy atom. The number of methoxy groups -OCH3 is 2. The number of benzene rings is 1. The zero-order chi connectivity index (χ0) is 13.5. The average molecular weight is 251 g/mol. The highest BCUT2D eigenvalue weighted by Gasteiger charge is 2.21. The van der Waals surface area contributed by atoms with Crippen molar-refractivity contribution in [2.45, 2.75) is 26.4 Å². The molecule has 0 aliphatic carbocycles. The molecular weight excluding hydrogens is 230 g/mol. The second-order valence-corrected chi connectivity index (χ2v) is 4.48. The molecule has 0 saturated heterocycles. The van der Waals surface area contributed by atoms with Crippen LogP contribution >= 0.6 is 0 Å². The third kappa shape index (κ3) is 4.04. The van der Waals surface area contributed by atoms with Gasteiger partial charge < -0.3 is 14.8 Å². The molecule has 1 N–H and O–H groups in total. The van der Waals surface area contributed by atoms with Gasteiger partial charge in [0.2, 0.25) is 0 Å². The molecule has 0 heterocycles. The summed E-state index contributed by atoms with van der Waals surface area (Å²) in [7, 11) is 3.04. The van der Waals surface area contributed by atoms with Crippen molar-refractivity contribution in [2.75, 3.05) is 14.2 Å². The standard InChI is InChI=1S/C14H21NO3/c1-10(2)13(14(16)18-4)15-9-11-6-5-7-12(8-11)17-3/h5-8,10,13,15H,9H2,1-4H3/t13-/m0/s1. The van der Waals surface area contributed by atoms with Crippen molar-refractivity contribution >= 4 is 5.97 Å². The zero-order valence-corrected chi connectivity index (χ0v) is 11.4. The van der Waals surface area contributed by atoms with Crippen LogP contribution in [0.25, 0.3) is 0 Å². The SMILES string of the molecule is COC(=O)[C@@H](NCc1cccc(OC)c1)C(C)C. The summed E-state index contributed by atoms with van der Waals surface area (Å²) in [6.07, 6.45) is 0. The molecule has 0 fully saturated rings. The molecule has 1 aromatic carbocycles. The summed E-state index contributed by atoms with van der Waals surface area (Å²) in [5, 5.41) is 3.21. The zero-order valence-electron chi connectivity index (χ0n) is 11.4. The predicted octanol–water partition coefficient (Wildman–Crippen LogP) is 1.98. The molecule has 1 rings (SSSR count). The molecule has 0 aliphatic heterocycles. The first-order valence-electron chi connectivity index (χ1n) is 6.02. The van der Waals surface area contributed by atoms with Crippen LogP contribution in [0.4, 0.5) is 0 Å². The lowest BCUT2D eigenvalue weighted by atomic mass is 10.0. The molecule has 0 unspecified atom stereocenters. The Kier molecular flexibility index (Phi) is 5.65. The van der Waals surface area contributed by atoms with E-state index in [4.69, 9.17) is 9.47 Å². The summed E-state index contributed by atoms with van der Waals surface area (Å²) in [5.41, 5.74) is 1.07. The fourth-order valence-corrected chi connectivity index (χ4v) is 1.73. The second kappa shape index (κ2) is 7.01. The van der Waals surface area contributed by atoms with E-state index in [1.807, 2.05) is 38.1 Å². The molecule has 0 bridgehead atoms. The van der Waals surface area contributed by atoms with Crippen LogP contribution in [-0.2, 0) is 16.1 Å². The fraction of sp³-hybridized carbons (Fsp3) is 0.500. The van der Waals surface area contributed by atoms with E-state index in [0.717, 1.165) is 11.3 Å². The number of hydrogen-bond donors (Lipinski definition) is 1. The topological polar surface area (TPSA) is 47.6 Å². The molecule has 0 amide bonds. The van der Waals surface area contributed by atoms with Gasteiger partial charge in [-0.3, -0.25) is 4.79 Å². The van der Waals surface area contributed by atoms with E-state index in [1.54, 1.807) is 7.11 Å². The van der Waals surface area contributed by atoms with E-state index in [9.17, 15) is 4.79 Å². The van der Waals surface area contributed by atoms with Crippen LogP contribution in [0, 0.1) is 5.92 Å². The number of esters is 1. The summed E-state index contributed by atoms with van der Waals surface area (Å²) < 4.78 is 9.94. The van der Waals surface area contributed by atoms with E-state index in [2.05, 4.69) is 5.32 Å². The quantitative estimate of drug-likeness (QED) is 0.785. The first-order chi connectivity index (χ1) is 8.58. The number of carbonyl (C=O) groups excluding carboxylic acids is 1. The van der Waals surface area contributed by atoms with Crippen LogP contribution in [0.3, 0.4) is 0 Å². The van der Waals surface area contributed by atoms with E-state index < -0.39 is 0 Å². The third-order valence-electron chi connectivity index (χ3n) is 2.78. The Labute approximate surface area is 108 Å². The molecule has 4 nitrogen and oxygen atoms in total. The average Bonchev–Trinajstić information content (AvgIpc) is 2.38. The Hall–Kier alpha value is -1.55. The molecular formula is C14H21NO3. The first-order valence-corrected chi connectivity index (χ1v) is 6.02. The summed E-state index contributed by atoms with van der Waals surface area (Å²) >= 11 is 0. The maximum absolute atomic E-state index is 11.6. The Morgan fingerprint density at radius 2 is 2.06 bits per heavy atom. The summed E-state index contributed by atoms with van der Waals surface area (Å²) in [5.74, 6) is 0.768. The Bertz CT molecular complexity index is 390. The minimum Gasteiger partial charge on any atom is -0.497 e. The van der Waals surface area contributed by atoms with Gasteiger partial charge in [-0.05, 0) is 23.6 Å². The highest BCUT2D eigenvalue weighted by Crippen LogP contribution is 2.13. The number of ether oxygens (including phenoxy) is 2. The molecule has 0 aromatic heterocycles. The summed E-state index contributed by atoms with van der Waals surface area (Å²) in [6.45, 7) is 4.58. The van der Waals surface area contributed by atoms with Gasteiger partial charge in [0.05, 0.1) is 14.2 Å². The van der Waals surface area contributed by atoms with Gasteiger partial charge in [0.1, 0.15) is 11.8 Å². The molecule has 1 atom stereocenters. The first kappa shape index (κ1) is 14.5. The van der Waals surface area contributed by atoms with Gasteiger partial charge in [-0.25, -0.2) is 0 Å². The van der Waals surface area contributed by atoms with E-state index >= 15 is 0 Å². The molecule has 18 heavy (non-hydrogen) atoms. The molecule has 0 aliphatic rings. The van der Waals surface area contributed by atoms with Crippen LogP contribution in [0.5, 0.6) is 5.75 Å². The van der Waals surface area contributed by atoms with Crippen LogP contribution < -0.4 is 10.1 Å². The van der Waals surface area contributed by atoms with Crippen LogP contribution in [0.15, 0.2) is 24.3 Å². The van der Waals surface area contributed by atoms with Crippen molar-refractivity contribution in [1.29, 1.82) is 0 Å². The molecule has 0 spiro atoms.